The average Bonchev–Trinajstić information content (AvgIpc) is 2.76. The second kappa shape index (κ2) is 7.04. The SMILES string of the molecule is COC1CCCC(OC(=O)CCn2c(C)csc2=O)C1. The van der Waals surface area contributed by atoms with E-state index in [1.807, 2.05) is 6.92 Å². The number of carbonyl (C=O) groups is 1. The van der Waals surface area contributed by atoms with E-state index >= 15 is 0 Å². The van der Waals surface area contributed by atoms with E-state index < -0.39 is 0 Å². The molecular formula is C14H21NO4S. The Morgan fingerprint density at radius 2 is 2.20 bits per heavy atom. The van der Waals surface area contributed by atoms with Gasteiger partial charge < -0.3 is 14.0 Å². The Hall–Kier alpha value is -1.14. The maximum Gasteiger partial charge on any atom is 0.307 e. The Kier molecular flexibility index (Phi) is 5.37. The predicted molar refractivity (Wildman–Crippen MR) is 77.1 cm³/mol. The number of hydrogen-bond acceptors (Lipinski definition) is 5. The van der Waals surface area contributed by atoms with Crippen molar-refractivity contribution < 1.29 is 14.3 Å². The third-order valence-electron chi connectivity index (χ3n) is 3.73. The molecule has 1 heterocycles. The molecule has 2 atom stereocenters. The Balaban J connectivity index is 1.79. The molecule has 6 heteroatoms. The van der Waals surface area contributed by atoms with E-state index in [0.717, 1.165) is 42.7 Å². The lowest BCUT2D eigenvalue weighted by Gasteiger charge is -2.27. The first-order chi connectivity index (χ1) is 9.60. The van der Waals surface area contributed by atoms with E-state index in [-0.39, 0.29) is 29.5 Å². The van der Waals surface area contributed by atoms with Gasteiger partial charge in [-0.15, -0.1) is 0 Å². The molecule has 1 saturated carbocycles. The highest BCUT2D eigenvalue weighted by Gasteiger charge is 2.24. The molecule has 1 aromatic heterocycles. The van der Waals surface area contributed by atoms with Crippen molar-refractivity contribution in [1.29, 1.82) is 0 Å². The molecule has 5 nitrogen and oxygen atoms in total. The van der Waals surface area contributed by atoms with E-state index in [1.165, 1.54) is 0 Å². The fourth-order valence-electron chi connectivity index (χ4n) is 2.55. The molecule has 0 amide bonds. The van der Waals surface area contributed by atoms with Gasteiger partial charge in [0.05, 0.1) is 12.5 Å². The smallest absolute Gasteiger partial charge is 0.307 e. The monoisotopic (exact) mass is 299 g/mol. The van der Waals surface area contributed by atoms with Crippen molar-refractivity contribution in [3.05, 3.63) is 20.7 Å². The van der Waals surface area contributed by atoms with E-state index in [1.54, 1.807) is 17.1 Å². The molecule has 2 rings (SSSR count). The van der Waals surface area contributed by atoms with Crippen LogP contribution in [0, 0.1) is 6.92 Å². The van der Waals surface area contributed by atoms with Crippen LogP contribution in [-0.2, 0) is 20.8 Å². The summed E-state index contributed by atoms with van der Waals surface area (Å²) < 4.78 is 12.4. The standard InChI is InChI=1S/C14H21NO4S/c1-10-9-20-14(17)15(10)7-6-13(16)19-12-5-3-4-11(8-12)18-2/h9,11-12H,3-8H2,1-2H3. The predicted octanol–water partition coefficient (Wildman–Crippen LogP) is 2.11. The topological polar surface area (TPSA) is 57.5 Å². The molecule has 1 aliphatic rings. The van der Waals surface area contributed by atoms with Gasteiger partial charge in [0.15, 0.2) is 0 Å². The Bertz CT molecular complexity index is 508. The maximum absolute atomic E-state index is 11.8. The number of carbonyl (C=O) groups excluding carboxylic acids is 1. The van der Waals surface area contributed by atoms with Gasteiger partial charge in [-0.05, 0) is 26.2 Å². The molecule has 0 radical (unpaired) electrons. The maximum atomic E-state index is 11.8. The number of methoxy groups -OCH3 is 1. The van der Waals surface area contributed by atoms with Crippen LogP contribution < -0.4 is 4.87 Å². The number of rotatable bonds is 5. The number of esters is 1. The van der Waals surface area contributed by atoms with Gasteiger partial charge >= 0.3 is 10.8 Å². The summed E-state index contributed by atoms with van der Waals surface area (Å²) in [5.41, 5.74) is 0.893. The van der Waals surface area contributed by atoms with Crippen LogP contribution in [0.5, 0.6) is 0 Å². The number of hydrogen-bond donors (Lipinski definition) is 0. The highest BCUT2D eigenvalue weighted by Crippen LogP contribution is 2.23. The van der Waals surface area contributed by atoms with E-state index in [0.29, 0.717) is 6.54 Å². The Morgan fingerprint density at radius 3 is 2.85 bits per heavy atom. The first-order valence-corrected chi connectivity index (χ1v) is 7.85. The van der Waals surface area contributed by atoms with Crippen LogP contribution in [0.1, 0.15) is 37.8 Å². The quantitative estimate of drug-likeness (QED) is 0.781. The number of nitrogens with zero attached hydrogens (tertiary/aromatic N) is 1. The van der Waals surface area contributed by atoms with Gasteiger partial charge in [0, 0.05) is 31.1 Å². The Morgan fingerprint density at radius 1 is 1.45 bits per heavy atom. The second-order valence-electron chi connectivity index (χ2n) is 5.18. The zero-order valence-corrected chi connectivity index (χ0v) is 12.8. The first-order valence-electron chi connectivity index (χ1n) is 6.97. The molecule has 1 aromatic rings. The molecule has 0 aromatic carbocycles. The zero-order valence-electron chi connectivity index (χ0n) is 12.0. The summed E-state index contributed by atoms with van der Waals surface area (Å²) in [7, 11) is 1.70. The largest absolute Gasteiger partial charge is 0.462 e. The Labute approximate surface area is 122 Å². The zero-order chi connectivity index (χ0) is 14.5. The van der Waals surface area contributed by atoms with E-state index in [9.17, 15) is 9.59 Å². The number of thiazole rings is 1. The van der Waals surface area contributed by atoms with Gasteiger partial charge in [-0.1, -0.05) is 11.3 Å². The van der Waals surface area contributed by atoms with Crippen LogP contribution in [0.2, 0.25) is 0 Å². The summed E-state index contributed by atoms with van der Waals surface area (Å²) in [5, 5.41) is 1.80. The minimum Gasteiger partial charge on any atom is -0.462 e. The second-order valence-corrected chi connectivity index (χ2v) is 6.00. The van der Waals surface area contributed by atoms with Crippen molar-refractivity contribution in [2.24, 2.45) is 0 Å². The van der Waals surface area contributed by atoms with Crippen molar-refractivity contribution in [3.63, 3.8) is 0 Å². The lowest BCUT2D eigenvalue weighted by Crippen LogP contribution is -2.30. The van der Waals surface area contributed by atoms with Crippen LogP contribution in [0.3, 0.4) is 0 Å². The molecule has 1 aliphatic carbocycles. The number of aromatic nitrogens is 1. The fraction of sp³-hybridized carbons (Fsp3) is 0.714. The van der Waals surface area contributed by atoms with Crippen molar-refractivity contribution in [2.45, 2.75) is 57.8 Å². The molecule has 0 N–H and O–H groups in total. The molecule has 0 aliphatic heterocycles. The van der Waals surface area contributed by atoms with E-state index in [2.05, 4.69) is 0 Å². The first kappa shape index (κ1) is 15.3. The third kappa shape index (κ3) is 3.93. The summed E-state index contributed by atoms with van der Waals surface area (Å²) in [5.74, 6) is -0.232. The summed E-state index contributed by atoms with van der Waals surface area (Å²) in [4.78, 5) is 23.4. The highest BCUT2D eigenvalue weighted by atomic mass is 32.1. The number of aryl methyl sites for hydroxylation is 1. The van der Waals surface area contributed by atoms with Crippen molar-refractivity contribution >= 4 is 17.3 Å². The molecule has 0 spiro atoms. The van der Waals surface area contributed by atoms with E-state index in [4.69, 9.17) is 9.47 Å². The minimum absolute atomic E-state index is 0.0209. The molecule has 0 saturated heterocycles. The molecule has 20 heavy (non-hydrogen) atoms. The van der Waals surface area contributed by atoms with Gasteiger partial charge in [0.2, 0.25) is 0 Å². The van der Waals surface area contributed by atoms with Gasteiger partial charge in [0.1, 0.15) is 6.10 Å². The normalized spacial score (nSPS) is 22.7. The van der Waals surface area contributed by atoms with Crippen molar-refractivity contribution in [2.75, 3.05) is 7.11 Å². The third-order valence-corrected chi connectivity index (χ3v) is 4.61. The summed E-state index contributed by atoms with van der Waals surface area (Å²) in [6.07, 6.45) is 4.15. The van der Waals surface area contributed by atoms with Crippen LogP contribution in [0.4, 0.5) is 0 Å². The lowest BCUT2D eigenvalue weighted by atomic mass is 9.95. The van der Waals surface area contributed by atoms with Crippen molar-refractivity contribution in [3.8, 4) is 0 Å². The van der Waals surface area contributed by atoms with Crippen LogP contribution in [-0.4, -0.2) is 29.9 Å². The van der Waals surface area contributed by atoms with Crippen LogP contribution >= 0.6 is 11.3 Å². The van der Waals surface area contributed by atoms with Gasteiger partial charge in [-0.3, -0.25) is 9.59 Å². The minimum atomic E-state index is -0.232. The lowest BCUT2D eigenvalue weighted by molar-refractivity contribution is -0.152. The summed E-state index contributed by atoms with van der Waals surface area (Å²) in [6.45, 7) is 2.26. The molecular weight excluding hydrogens is 278 g/mol. The van der Waals surface area contributed by atoms with Crippen LogP contribution in [0.15, 0.2) is 10.2 Å². The molecule has 112 valence electrons. The molecule has 2 unspecified atom stereocenters. The molecule has 0 bridgehead atoms. The van der Waals surface area contributed by atoms with Crippen LogP contribution in [0.25, 0.3) is 0 Å². The van der Waals surface area contributed by atoms with Gasteiger partial charge in [-0.25, -0.2) is 0 Å². The van der Waals surface area contributed by atoms with Gasteiger partial charge in [-0.2, -0.15) is 0 Å². The summed E-state index contributed by atoms with van der Waals surface area (Å²) >= 11 is 1.16. The van der Waals surface area contributed by atoms with Crippen molar-refractivity contribution in [1.82, 2.24) is 4.57 Å². The fourth-order valence-corrected chi connectivity index (χ4v) is 3.31. The highest BCUT2D eigenvalue weighted by molar-refractivity contribution is 7.07. The van der Waals surface area contributed by atoms with Gasteiger partial charge in [0.25, 0.3) is 0 Å². The molecule has 1 fully saturated rings. The number of ether oxygens (including phenoxy) is 2. The summed E-state index contributed by atoms with van der Waals surface area (Å²) in [6, 6.07) is 0. The average molecular weight is 299 g/mol.